The first-order valence-electron chi connectivity index (χ1n) is 8.30. The molecule has 0 spiro atoms. The van der Waals surface area contributed by atoms with E-state index in [9.17, 15) is 9.90 Å². The predicted octanol–water partition coefficient (Wildman–Crippen LogP) is 2.45. The van der Waals surface area contributed by atoms with Crippen LogP contribution in [0.3, 0.4) is 0 Å². The van der Waals surface area contributed by atoms with Crippen LogP contribution in [0.5, 0.6) is 0 Å². The quantitative estimate of drug-likeness (QED) is 0.687. The van der Waals surface area contributed by atoms with Crippen molar-refractivity contribution in [2.24, 2.45) is 0 Å². The number of nitrogens with two attached hydrogens (primary N) is 1. The number of hydrogen-bond acceptors (Lipinski definition) is 4. The zero-order valence-electron chi connectivity index (χ0n) is 13.4. The van der Waals surface area contributed by atoms with Crippen molar-refractivity contribution in [3.05, 3.63) is 21.7 Å². The molecule has 2 aliphatic rings. The monoisotopic (exact) mass is 381 g/mol. The molecule has 23 heavy (non-hydrogen) atoms. The van der Waals surface area contributed by atoms with Crippen LogP contribution in [0.2, 0.25) is 0 Å². The number of hydrogen-bond donors (Lipinski definition) is 3. The highest BCUT2D eigenvalue weighted by Crippen LogP contribution is 2.39. The number of nitrogens with one attached hydrogen (secondary N) is 1. The lowest BCUT2D eigenvalue weighted by Gasteiger charge is -2.32. The van der Waals surface area contributed by atoms with Gasteiger partial charge in [0.1, 0.15) is 0 Å². The second-order valence-electron chi connectivity index (χ2n) is 6.60. The molecular weight excluding hydrogens is 358 g/mol. The lowest BCUT2D eigenvalue weighted by molar-refractivity contribution is 0.0718. The van der Waals surface area contributed by atoms with Gasteiger partial charge in [-0.15, -0.1) is 0 Å². The van der Waals surface area contributed by atoms with Gasteiger partial charge in [-0.2, -0.15) is 0 Å². The molecule has 3 rings (SSSR count). The summed E-state index contributed by atoms with van der Waals surface area (Å²) in [5.74, 6) is -0.198. The third-order valence-corrected chi connectivity index (χ3v) is 5.69. The SMILES string of the molecule is CN1CCCc2c(Br)cc(C(=O)NC3CCCCC3O)c(N)c21. The summed E-state index contributed by atoms with van der Waals surface area (Å²) in [6.45, 7) is 0.941. The molecule has 0 radical (unpaired) electrons. The molecule has 2 atom stereocenters. The number of amides is 1. The van der Waals surface area contributed by atoms with Crippen molar-refractivity contribution in [2.45, 2.75) is 50.7 Å². The zero-order chi connectivity index (χ0) is 16.6. The summed E-state index contributed by atoms with van der Waals surface area (Å²) in [6.07, 6.45) is 5.21. The van der Waals surface area contributed by atoms with Crippen LogP contribution in [0, 0.1) is 0 Å². The van der Waals surface area contributed by atoms with Gasteiger partial charge in [0, 0.05) is 18.1 Å². The number of fused-ring (bicyclic) bond motifs is 1. The van der Waals surface area contributed by atoms with Gasteiger partial charge in [-0.05, 0) is 37.3 Å². The van der Waals surface area contributed by atoms with Crippen LogP contribution < -0.4 is 16.0 Å². The second kappa shape index (κ2) is 6.69. The molecule has 6 heteroatoms. The molecule has 0 bridgehead atoms. The van der Waals surface area contributed by atoms with Crippen LogP contribution in [0.1, 0.15) is 48.0 Å². The number of nitrogens with zero attached hydrogens (tertiary/aromatic N) is 1. The zero-order valence-corrected chi connectivity index (χ0v) is 15.0. The van der Waals surface area contributed by atoms with Gasteiger partial charge in [0.15, 0.2) is 0 Å². The van der Waals surface area contributed by atoms with E-state index >= 15 is 0 Å². The van der Waals surface area contributed by atoms with Crippen LogP contribution in [0.25, 0.3) is 0 Å². The lowest BCUT2D eigenvalue weighted by atomic mass is 9.92. The first-order chi connectivity index (χ1) is 11.0. The van der Waals surface area contributed by atoms with Gasteiger partial charge < -0.3 is 21.1 Å². The second-order valence-corrected chi connectivity index (χ2v) is 7.46. The molecule has 126 valence electrons. The van der Waals surface area contributed by atoms with Crippen LogP contribution in [-0.4, -0.2) is 36.8 Å². The largest absolute Gasteiger partial charge is 0.396 e. The van der Waals surface area contributed by atoms with Crippen LogP contribution in [0.4, 0.5) is 11.4 Å². The van der Waals surface area contributed by atoms with Gasteiger partial charge in [0.05, 0.1) is 29.1 Å². The number of carbonyl (C=O) groups is 1. The van der Waals surface area contributed by atoms with Crippen molar-refractivity contribution in [1.29, 1.82) is 0 Å². The maximum atomic E-state index is 12.7. The van der Waals surface area contributed by atoms with Crippen molar-refractivity contribution >= 4 is 33.2 Å². The van der Waals surface area contributed by atoms with E-state index in [4.69, 9.17) is 5.73 Å². The van der Waals surface area contributed by atoms with E-state index in [1.165, 1.54) is 5.56 Å². The number of nitrogen functional groups attached to an aromatic ring is 1. The Morgan fingerprint density at radius 1 is 1.39 bits per heavy atom. The molecule has 1 aliphatic heterocycles. The minimum absolute atomic E-state index is 0.178. The van der Waals surface area contributed by atoms with E-state index in [0.717, 1.165) is 55.2 Å². The summed E-state index contributed by atoms with van der Waals surface area (Å²) in [5.41, 5.74) is 9.47. The van der Waals surface area contributed by atoms with Crippen LogP contribution in [-0.2, 0) is 6.42 Å². The number of rotatable bonds is 2. The number of aliphatic hydroxyl groups is 1. The molecule has 1 aliphatic carbocycles. The van der Waals surface area contributed by atoms with Crippen molar-refractivity contribution in [3.63, 3.8) is 0 Å². The van der Waals surface area contributed by atoms with E-state index in [0.29, 0.717) is 11.3 Å². The fourth-order valence-electron chi connectivity index (χ4n) is 3.69. The smallest absolute Gasteiger partial charge is 0.253 e. The highest BCUT2D eigenvalue weighted by atomic mass is 79.9. The van der Waals surface area contributed by atoms with Gasteiger partial charge in [0.25, 0.3) is 5.91 Å². The van der Waals surface area contributed by atoms with Crippen molar-refractivity contribution in [3.8, 4) is 0 Å². The summed E-state index contributed by atoms with van der Waals surface area (Å²) < 4.78 is 0.933. The number of benzene rings is 1. The summed E-state index contributed by atoms with van der Waals surface area (Å²) in [7, 11) is 2.01. The van der Waals surface area contributed by atoms with E-state index < -0.39 is 6.10 Å². The lowest BCUT2D eigenvalue weighted by Crippen LogP contribution is -2.45. The Hall–Kier alpha value is -1.27. The average molecular weight is 382 g/mol. The molecule has 0 saturated heterocycles. The Bertz CT molecular complexity index is 620. The fourth-order valence-corrected chi connectivity index (χ4v) is 4.30. The minimum atomic E-state index is -0.460. The topological polar surface area (TPSA) is 78.6 Å². The van der Waals surface area contributed by atoms with E-state index in [2.05, 4.69) is 26.1 Å². The summed E-state index contributed by atoms with van der Waals surface area (Å²) in [6, 6.07) is 1.64. The molecule has 2 unspecified atom stereocenters. The first-order valence-corrected chi connectivity index (χ1v) is 9.09. The number of anilines is 2. The van der Waals surface area contributed by atoms with E-state index in [-0.39, 0.29) is 11.9 Å². The Balaban J connectivity index is 1.89. The fraction of sp³-hybridized carbons (Fsp3) is 0.588. The van der Waals surface area contributed by atoms with Crippen LogP contribution in [0.15, 0.2) is 10.5 Å². The number of halogens is 1. The van der Waals surface area contributed by atoms with Gasteiger partial charge >= 0.3 is 0 Å². The van der Waals surface area contributed by atoms with Gasteiger partial charge in [-0.1, -0.05) is 28.8 Å². The minimum Gasteiger partial charge on any atom is -0.396 e. The predicted molar refractivity (Wildman–Crippen MR) is 95.9 cm³/mol. The highest BCUT2D eigenvalue weighted by molar-refractivity contribution is 9.10. The number of carbonyl (C=O) groups excluding carboxylic acids is 1. The maximum Gasteiger partial charge on any atom is 0.253 e. The number of aliphatic hydroxyl groups excluding tert-OH is 1. The Kier molecular flexibility index (Phi) is 4.82. The highest BCUT2D eigenvalue weighted by Gasteiger charge is 2.28. The normalized spacial score (nSPS) is 24.2. The maximum absolute atomic E-state index is 12.7. The van der Waals surface area contributed by atoms with Crippen molar-refractivity contribution in [2.75, 3.05) is 24.2 Å². The molecule has 1 fully saturated rings. The van der Waals surface area contributed by atoms with Gasteiger partial charge in [0.2, 0.25) is 0 Å². The Labute approximate surface area is 145 Å². The van der Waals surface area contributed by atoms with E-state index in [1.54, 1.807) is 0 Å². The van der Waals surface area contributed by atoms with Crippen molar-refractivity contribution in [1.82, 2.24) is 5.32 Å². The molecule has 1 amide bonds. The standard InChI is InChI=1S/C17H24BrN3O2/c1-21-8-4-5-10-12(18)9-11(15(19)16(10)21)17(23)20-13-6-2-3-7-14(13)22/h9,13-14,22H,2-8,19H2,1H3,(H,20,23). The first kappa shape index (κ1) is 16.6. The molecule has 0 aromatic heterocycles. The molecular formula is C17H24BrN3O2. The molecule has 4 N–H and O–H groups in total. The van der Waals surface area contributed by atoms with Gasteiger partial charge in [-0.3, -0.25) is 4.79 Å². The Morgan fingerprint density at radius 3 is 2.87 bits per heavy atom. The van der Waals surface area contributed by atoms with E-state index in [1.807, 2.05) is 13.1 Å². The third-order valence-electron chi connectivity index (χ3n) is 4.98. The Morgan fingerprint density at radius 2 is 2.13 bits per heavy atom. The molecule has 5 nitrogen and oxygen atoms in total. The van der Waals surface area contributed by atoms with Crippen LogP contribution >= 0.6 is 15.9 Å². The summed E-state index contributed by atoms with van der Waals surface area (Å²) in [4.78, 5) is 14.8. The average Bonchev–Trinajstić information content (AvgIpc) is 2.53. The summed E-state index contributed by atoms with van der Waals surface area (Å²) in [5, 5.41) is 13.0. The van der Waals surface area contributed by atoms with Crippen molar-refractivity contribution < 1.29 is 9.90 Å². The van der Waals surface area contributed by atoms with Gasteiger partial charge in [-0.25, -0.2) is 0 Å². The molecule has 1 aromatic carbocycles. The molecule has 1 saturated carbocycles. The molecule has 1 heterocycles. The molecule has 1 aromatic rings. The third kappa shape index (κ3) is 3.19. The summed E-state index contributed by atoms with van der Waals surface area (Å²) >= 11 is 3.59.